The Hall–Kier alpha value is 0.150. The highest BCUT2D eigenvalue weighted by Crippen LogP contribution is 2.15. The third kappa shape index (κ3) is 18.8. The van der Waals surface area contributed by atoms with E-state index in [1.807, 2.05) is 0 Å². The Balaban J connectivity index is 0. The van der Waals surface area contributed by atoms with Gasteiger partial charge >= 0.3 is 8.25 Å². The van der Waals surface area contributed by atoms with Crippen molar-refractivity contribution in [1.82, 2.24) is 0 Å². The molecule has 0 heterocycles. The van der Waals surface area contributed by atoms with Gasteiger partial charge < -0.3 is 9.79 Å². The molecule has 0 unspecified atom stereocenters. The van der Waals surface area contributed by atoms with E-state index in [0.717, 1.165) is 5.92 Å². The van der Waals surface area contributed by atoms with E-state index >= 15 is 0 Å². The molecule has 0 radical (unpaired) electrons. The fraction of sp³-hybridized carbons (Fsp3) is 1.00. The van der Waals surface area contributed by atoms with Gasteiger partial charge in [0.2, 0.25) is 0 Å². The van der Waals surface area contributed by atoms with Crippen molar-refractivity contribution in [1.29, 1.82) is 0 Å². The Morgan fingerprint density at radius 2 is 1.54 bits per heavy atom. The molecule has 0 spiro atoms. The van der Waals surface area contributed by atoms with Gasteiger partial charge in [-0.25, -0.2) is 0 Å². The number of hydrogen-bond donors (Lipinski definition) is 2. The molecular formula is C9H23O3P. The fourth-order valence-electron chi connectivity index (χ4n) is 1.19. The molecule has 0 aliphatic carbocycles. The minimum absolute atomic E-state index is 1.00. The van der Waals surface area contributed by atoms with Gasteiger partial charge in [0.05, 0.1) is 0 Å². The van der Waals surface area contributed by atoms with Crippen LogP contribution in [0.15, 0.2) is 0 Å². The van der Waals surface area contributed by atoms with Crippen LogP contribution in [0.25, 0.3) is 0 Å². The molecule has 0 fully saturated rings. The molecule has 0 bridgehead atoms. The normalized spacial score (nSPS) is 10.1. The predicted molar refractivity (Wildman–Crippen MR) is 57.0 cm³/mol. The van der Waals surface area contributed by atoms with Gasteiger partial charge in [0.15, 0.2) is 0 Å². The maximum Gasteiger partial charge on any atom is 0.314 e. The molecule has 4 heteroatoms. The topological polar surface area (TPSA) is 57.5 Å². The number of hydrogen-bond acceptors (Lipinski definition) is 1. The van der Waals surface area contributed by atoms with Crippen LogP contribution in [-0.4, -0.2) is 9.79 Å². The van der Waals surface area contributed by atoms with Gasteiger partial charge in [0.25, 0.3) is 0 Å². The van der Waals surface area contributed by atoms with E-state index in [1.54, 1.807) is 0 Å². The average molecular weight is 210 g/mol. The Kier molecular flexibility index (Phi) is 14.6. The monoisotopic (exact) mass is 210 g/mol. The van der Waals surface area contributed by atoms with Gasteiger partial charge in [-0.05, 0) is 5.92 Å². The first-order chi connectivity index (χ1) is 6.08. The van der Waals surface area contributed by atoms with E-state index in [2.05, 4.69) is 20.8 Å². The Morgan fingerprint density at radius 1 is 1.15 bits per heavy atom. The second-order valence-electron chi connectivity index (χ2n) is 3.11. The molecule has 0 saturated carbocycles. The summed E-state index contributed by atoms with van der Waals surface area (Å²) in [6.07, 6.45) is 6.97. The second-order valence-corrected chi connectivity index (χ2v) is 3.67. The Bertz CT molecular complexity index is 109. The predicted octanol–water partition coefficient (Wildman–Crippen LogP) is 2.97. The zero-order chi connectivity index (χ0) is 10.7. The summed E-state index contributed by atoms with van der Waals surface area (Å²) in [7, 11) is -3.13. The zero-order valence-electron chi connectivity index (χ0n) is 8.92. The summed E-state index contributed by atoms with van der Waals surface area (Å²) < 4.78 is 8.74. The van der Waals surface area contributed by atoms with Crippen molar-refractivity contribution in [2.24, 2.45) is 5.92 Å². The summed E-state index contributed by atoms with van der Waals surface area (Å²) in [6, 6.07) is 0. The van der Waals surface area contributed by atoms with E-state index < -0.39 is 8.25 Å². The standard InChI is InChI=1S/C9H20.H3O3P/c1-4-7-8-9(5-2)6-3;1-4(2)3/h9H,4-8H2,1-3H3;4H,(H2,1,2,3). The van der Waals surface area contributed by atoms with Gasteiger partial charge in [-0.2, -0.15) is 0 Å². The minimum Gasteiger partial charge on any atom is -0.326 e. The van der Waals surface area contributed by atoms with E-state index in [4.69, 9.17) is 14.4 Å². The lowest BCUT2D eigenvalue weighted by atomic mass is 9.97. The van der Waals surface area contributed by atoms with Crippen molar-refractivity contribution >= 4 is 8.25 Å². The summed E-state index contributed by atoms with van der Waals surface area (Å²) in [5.41, 5.74) is 0. The maximum atomic E-state index is 8.74. The van der Waals surface area contributed by atoms with Crippen molar-refractivity contribution in [3.63, 3.8) is 0 Å². The van der Waals surface area contributed by atoms with Gasteiger partial charge in [0.1, 0.15) is 0 Å². The molecule has 0 atom stereocenters. The van der Waals surface area contributed by atoms with Gasteiger partial charge in [-0.3, -0.25) is 4.57 Å². The fourth-order valence-corrected chi connectivity index (χ4v) is 1.19. The molecule has 0 amide bonds. The lowest BCUT2D eigenvalue weighted by Crippen LogP contribution is -1.95. The summed E-state index contributed by atoms with van der Waals surface area (Å²) >= 11 is 0. The molecule has 0 aromatic rings. The van der Waals surface area contributed by atoms with E-state index in [1.165, 1.54) is 32.1 Å². The highest BCUT2D eigenvalue weighted by Gasteiger charge is 2.00. The van der Waals surface area contributed by atoms with Crippen LogP contribution in [0.1, 0.15) is 52.9 Å². The Morgan fingerprint density at radius 3 is 1.77 bits per heavy atom. The van der Waals surface area contributed by atoms with E-state index in [9.17, 15) is 0 Å². The third-order valence-corrected chi connectivity index (χ3v) is 2.12. The van der Waals surface area contributed by atoms with Gasteiger partial charge in [-0.1, -0.05) is 52.9 Å². The van der Waals surface area contributed by atoms with Crippen molar-refractivity contribution < 1.29 is 14.4 Å². The lowest BCUT2D eigenvalue weighted by Gasteiger charge is -2.09. The highest BCUT2D eigenvalue weighted by molar-refractivity contribution is 7.30. The van der Waals surface area contributed by atoms with E-state index in [-0.39, 0.29) is 0 Å². The molecule has 0 aliphatic rings. The van der Waals surface area contributed by atoms with E-state index in [0.29, 0.717) is 0 Å². The average Bonchev–Trinajstić information content (AvgIpc) is 2.06. The second kappa shape index (κ2) is 12.2. The molecule has 82 valence electrons. The molecule has 0 aromatic carbocycles. The molecular weight excluding hydrogens is 187 g/mol. The first kappa shape index (κ1) is 15.6. The quantitative estimate of drug-likeness (QED) is 0.686. The van der Waals surface area contributed by atoms with Crippen molar-refractivity contribution in [2.75, 3.05) is 0 Å². The Labute approximate surface area is 82.1 Å². The summed E-state index contributed by atoms with van der Waals surface area (Å²) in [6.45, 7) is 6.86. The van der Waals surface area contributed by atoms with Gasteiger partial charge in [-0.15, -0.1) is 0 Å². The molecule has 0 saturated heterocycles. The third-order valence-electron chi connectivity index (χ3n) is 2.12. The maximum absolute atomic E-state index is 8.74. The minimum atomic E-state index is -3.13. The van der Waals surface area contributed by atoms with Crippen molar-refractivity contribution in [2.45, 2.75) is 52.9 Å². The molecule has 2 N–H and O–H groups in total. The van der Waals surface area contributed by atoms with Crippen LogP contribution in [-0.2, 0) is 4.57 Å². The van der Waals surface area contributed by atoms with Crippen LogP contribution in [0.5, 0.6) is 0 Å². The molecule has 0 rings (SSSR count). The molecule has 13 heavy (non-hydrogen) atoms. The summed E-state index contributed by atoms with van der Waals surface area (Å²) in [5, 5.41) is 0. The number of rotatable bonds is 5. The van der Waals surface area contributed by atoms with Crippen LogP contribution >= 0.6 is 8.25 Å². The summed E-state index contributed by atoms with van der Waals surface area (Å²) in [5.74, 6) is 1.00. The molecule has 0 aliphatic heterocycles. The largest absolute Gasteiger partial charge is 0.326 e. The van der Waals surface area contributed by atoms with Crippen LogP contribution in [0.3, 0.4) is 0 Å². The first-order valence-electron chi connectivity index (χ1n) is 5.00. The molecule has 3 nitrogen and oxygen atoms in total. The van der Waals surface area contributed by atoms with Crippen molar-refractivity contribution in [3.8, 4) is 0 Å². The SMILES string of the molecule is CCCCC(CC)CC.O=[PH](O)O. The van der Waals surface area contributed by atoms with Crippen LogP contribution in [0.2, 0.25) is 0 Å². The van der Waals surface area contributed by atoms with Crippen LogP contribution in [0.4, 0.5) is 0 Å². The van der Waals surface area contributed by atoms with Crippen LogP contribution in [0, 0.1) is 5.92 Å². The zero-order valence-corrected chi connectivity index (χ0v) is 9.92. The number of unbranched alkanes of at least 4 members (excludes halogenated alkanes) is 1. The first-order valence-corrected chi connectivity index (χ1v) is 6.30. The smallest absolute Gasteiger partial charge is 0.314 e. The molecule has 0 aromatic heterocycles. The lowest BCUT2D eigenvalue weighted by molar-refractivity contribution is 0.405. The van der Waals surface area contributed by atoms with Crippen LogP contribution < -0.4 is 0 Å². The summed E-state index contributed by atoms with van der Waals surface area (Å²) in [4.78, 5) is 14.3. The highest BCUT2D eigenvalue weighted by atomic mass is 31.1. The van der Waals surface area contributed by atoms with Gasteiger partial charge in [0, 0.05) is 0 Å². The van der Waals surface area contributed by atoms with Crippen molar-refractivity contribution in [3.05, 3.63) is 0 Å².